The van der Waals surface area contributed by atoms with E-state index in [1.165, 1.54) is 0 Å². The molecule has 0 aromatic heterocycles. The van der Waals surface area contributed by atoms with Crippen molar-refractivity contribution in [1.29, 1.82) is 0 Å². The Hall–Kier alpha value is -1.31. The lowest BCUT2D eigenvalue weighted by Gasteiger charge is -1.93. The van der Waals surface area contributed by atoms with Crippen molar-refractivity contribution in [3.8, 4) is 0 Å². The van der Waals surface area contributed by atoms with Gasteiger partial charge in [-0.3, -0.25) is 4.99 Å². The van der Waals surface area contributed by atoms with Crippen molar-refractivity contribution in [1.82, 2.24) is 5.32 Å². The number of allylic oxidation sites excluding steroid dienone is 2. The van der Waals surface area contributed by atoms with Gasteiger partial charge >= 0.3 is 0 Å². The molecule has 0 atom stereocenters. The van der Waals surface area contributed by atoms with Gasteiger partial charge in [-0.05, 0) is 13.1 Å². The fourth-order valence-corrected chi connectivity index (χ4v) is 0.387. The molecule has 1 N–H and O–H groups in total. The predicted octanol–water partition coefficient (Wildman–Crippen LogP) is 1.84. The Morgan fingerprint density at radius 2 is 2.30 bits per heavy atom. The third-order valence-electron chi connectivity index (χ3n) is 0.753. The van der Waals surface area contributed by atoms with Crippen molar-refractivity contribution in [3.05, 3.63) is 37.3 Å². The van der Waals surface area contributed by atoms with Crippen LogP contribution in [0.25, 0.3) is 0 Å². The summed E-state index contributed by atoms with van der Waals surface area (Å²) in [5.41, 5.74) is 0.730. The average Bonchev–Trinajstić information content (AvgIpc) is 1.89. The van der Waals surface area contributed by atoms with Crippen LogP contribution in [0.15, 0.2) is 42.3 Å². The van der Waals surface area contributed by atoms with Crippen LogP contribution in [0.1, 0.15) is 6.92 Å². The zero-order valence-electron chi connectivity index (χ0n) is 6.17. The number of aliphatic imine (C=N–C) groups is 1. The lowest BCUT2D eigenvalue weighted by molar-refractivity contribution is 1.16. The maximum absolute atomic E-state index is 3.89. The molecule has 0 fully saturated rings. The highest BCUT2D eigenvalue weighted by atomic mass is 14.9. The Labute approximate surface area is 61.7 Å². The normalized spacial score (nSPS) is 10.5. The first-order valence-corrected chi connectivity index (χ1v) is 3.02. The topological polar surface area (TPSA) is 24.4 Å². The minimum atomic E-state index is 0.730. The lowest BCUT2D eigenvalue weighted by atomic mass is 10.5. The third kappa shape index (κ3) is 4.84. The highest BCUT2D eigenvalue weighted by Gasteiger charge is 1.77. The monoisotopic (exact) mass is 136 g/mol. The molecule has 0 spiro atoms. The number of hydrogen-bond donors (Lipinski definition) is 1. The van der Waals surface area contributed by atoms with Gasteiger partial charge in [-0.25, -0.2) is 0 Å². The van der Waals surface area contributed by atoms with Gasteiger partial charge in [-0.1, -0.05) is 19.2 Å². The molecule has 54 valence electrons. The molecule has 0 amide bonds. The van der Waals surface area contributed by atoms with Crippen LogP contribution in [0.3, 0.4) is 0 Å². The molecular formula is C8H12N2. The summed E-state index contributed by atoms with van der Waals surface area (Å²) in [7, 11) is 0. The molecule has 2 heteroatoms. The van der Waals surface area contributed by atoms with Crippen LogP contribution in [0.2, 0.25) is 0 Å². The quantitative estimate of drug-likeness (QED) is 0.586. The molecule has 0 aliphatic heterocycles. The van der Waals surface area contributed by atoms with Gasteiger partial charge in [0, 0.05) is 18.1 Å². The number of nitrogens with zero attached hydrogens (tertiary/aromatic N) is 1. The summed E-state index contributed by atoms with van der Waals surface area (Å²) in [6.07, 6.45) is 6.72. The SMILES string of the molecule is C=CNC(=C)C=N/C=C\C. The molecule has 0 aliphatic rings. The van der Waals surface area contributed by atoms with Crippen molar-refractivity contribution in [2.24, 2.45) is 4.99 Å². The van der Waals surface area contributed by atoms with Crippen LogP contribution >= 0.6 is 0 Å². The Morgan fingerprint density at radius 3 is 2.80 bits per heavy atom. The van der Waals surface area contributed by atoms with E-state index in [4.69, 9.17) is 0 Å². The second-order valence-corrected chi connectivity index (χ2v) is 1.63. The summed E-state index contributed by atoms with van der Waals surface area (Å²) >= 11 is 0. The van der Waals surface area contributed by atoms with E-state index in [1.807, 2.05) is 13.0 Å². The fourth-order valence-electron chi connectivity index (χ4n) is 0.387. The molecular weight excluding hydrogens is 124 g/mol. The van der Waals surface area contributed by atoms with Gasteiger partial charge in [0.25, 0.3) is 0 Å². The smallest absolute Gasteiger partial charge is 0.0496 e. The van der Waals surface area contributed by atoms with Gasteiger partial charge in [0.05, 0.1) is 0 Å². The summed E-state index contributed by atoms with van der Waals surface area (Å²) in [6.45, 7) is 9.03. The highest BCUT2D eigenvalue weighted by Crippen LogP contribution is 1.78. The Bertz CT molecular complexity index is 166. The van der Waals surface area contributed by atoms with Crippen LogP contribution in [0, 0.1) is 0 Å². The van der Waals surface area contributed by atoms with Crippen molar-refractivity contribution >= 4 is 6.21 Å². The van der Waals surface area contributed by atoms with Gasteiger partial charge in [-0.15, -0.1) is 0 Å². The minimum Gasteiger partial charge on any atom is -0.362 e. The van der Waals surface area contributed by atoms with Crippen molar-refractivity contribution in [2.75, 3.05) is 0 Å². The maximum atomic E-state index is 3.89. The largest absolute Gasteiger partial charge is 0.362 e. The molecule has 0 radical (unpaired) electrons. The van der Waals surface area contributed by atoms with Gasteiger partial charge < -0.3 is 5.32 Å². The minimum absolute atomic E-state index is 0.730. The van der Waals surface area contributed by atoms with E-state index >= 15 is 0 Å². The molecule has 0 saturated heterocycles. The number of rotatable bonds is 4. The first kappa shape index (κ1) is 8.69. The van der Waals surface area contributed by atoms with Crippen LogP contribution in [-0.2, 0) is 0 Å². The summed E-state index contributed by atoms with van der Waals surface area (Å²) in [5.74, 6) is 0. The van der Waals surface area contributed by atoms with E-state index in [-0.39, 0.29) is 0 Å². The van der Waals surface area contributed by atoms with E-state index in [0.717, 1.165) is 5.70 Å². The summed E-state index contributed by atoms with van der Waals surface area (Å²) < 4.78 is 0. The van der Waals surface area contributed by atoms with Crippen LogP contribution in [0.4, 0.5) is 0 Å². The molecule has 0 aliphatic carbocycles. The first-order chi connectivity index (χ1) is 4.81. The molecule has 0 unspecified atom stereocenters. The van der Waals surface area contributed by atoms with Crippen LogP contribution < -0.4 is 5.32 Å². The molecule has 2 nitrogen and oxygen atoms in total. The van der Waals surface area contributed by atoms with Crippen molar-refractivity contribution in [3.63, 3.8) is 0 Å². The Balaban J connectivity index is 3.66. The van der Waals surface area contributed by atoms with Gasteiger partial charge in [-0.2, -0.15) is 0 Å². The van der Waals surface area contributed by atoms with E-state index in [9.17, 15) is 0 Å². The summed E-state index contributed by atoms with van der Waals surface area (Å²) in [5, 5.41) is 2.79. The zero-order valence-corrected chi connectivity index (χ0v) is 6.17. The van der Waals surface area contributed by atoms with E-state index in [0.29, 0.717) is 0 Å². The Kier molecular flexibility index (Phi) is 5.06. The highest BCUT2D eigenvalue weighted by molar-refractivity contribution is 5.77. The standard InChI is InChI=1S/C8H12N2/c1-4-6-9-7-8(3)10-5-2/h4-7,10H,2-3H2,1H3/b6-4-,9-7?. The van der Waals surface area contributed by atoms with E-state index < -0.39 is 0 Å². The average molecular weight is 136 g/mol. The molecule has 0 heterocycles. The number of hydrogen-bond acceptors (Lipinski definition) is 2. The summed E-state index contributed by atoms with van der Waals surface area (Å²) in [4.78, 5) is 3.89. The van der Waals surface area contributed by atoms with Crippen LogP contribution in [-0.4, -0.2) is 6.21 Å². The third-order valence-corrected chi connectivity index (χ3v) is 0.753. The van der Waals surface area contributed by atoms with Crippen molar-refractivity contribution in [2.45, 2.75) is 6.92 Å². The van der Waals surface area contributed by atoms with Gasteiger partial charge in [0.1, 0.15) is 0 Å². The molecule has 10 heavy (non-hydrogen) atoms. The first-order valence-electron chi connectivity index (χ1n) is 3.02. The molecule has 0 aromatic carbocycles. The predicted molar refractivity (Wildman–Crippen MR) is 45.8 cm³/mol. The molecule has 0 saturated carbocycles. The second-order valence-electron chi connectivity index (χ2n) is 1.63. The zero-order chi connectivity index (χ0) is 7.82. The molecule has 0 bridgehead atoms. The number of nitrogens with one attached hydrogen (secondary N) is 1. The lowest BCUT2D eigenvalue weighted by Crippen LogP contribution is -2.02. The van der Waals surface area contributed by atoms with E-state index in [2.05, 4.69) is 23.5 Å². The molecule has 0 rings (SSSR count). The van der Waals surface area contributed by atoms with Crippen molar-refractivity contribution < 1.29 is 0 Å². The Morgan fingerprint density at radius 1 is 1.60 bits per heavy atom. The van der Waals surface area contributed by atoms with E-state index in [1.54, 1.807) is 18.6 Å². The fraction of sp³-hybridized carbons (Fsp3) is 0.125. The van der Waals surface area contributed by atoms with Crippen LogP contribution in [0.5, 0.6) is 0 Å². The maximum Gasteiger partial charge on any atom is 0.0496 e. The second kappa shape index (κ2) is 5.82. The molecule has 0 aromatic rings. The van der Waals surface area contributed by atoms with Gasteiger partial charge in [0.2, 0.25) is 0 Å². The van der Waals surface area contributed by atoms with Gasteiger partial charge in [0.15, 0.2) is 0 Å². The summed E-state index contributed by atoms with van der Waals surface area (Å²) in [6, 6.07) is 0.